The van der Waals surface area contributed by atoms with E-state index in [2.05, 4.69) is 21.2 Å². The first-order valence-electron chi connectivity index (χ1n) is 6.39. The average Bonchev–Trinajstić information content (AvgIpc) is 2.48. The molecule has 0 amide bonds. The largest absolute Gasteiger partial charge is 0.487 e. The molecule has 2 aromatic rings. The summed E-state index contributed by atoms with van der Waals surface area (Å²) in [5.74, 6) is 0.296. The van der Waals surface area contributed by atoms with Crippen LogP contribution in [-0.2, 0) is 13.2 Å². The fourth-order valence-electron chi connectivity index (χ4n) is 1.95. The molecule has 21 heavy (non-hydrogen) atoms. The lowest BCUT2D eigenvalue weighted by atomic mass is 10.1. The Morgan fingerprint density at radius 3 is 2.81 bits per heavy atom. The van der Waals surface area contributed by atoms with Crippen LogP contribution in [0.25, 0.3) is 0 Å². The van der Waals surface area contributed by atoms with Gasteiger partial charge in [0.25, 0.3) is 0 Å². The predicted molar refractivity (Wildman–Crippen MR) is 82.4 cm³/mol. The van der Waals surface area contributed by atoms with Gasteiger partial charge in [-0.1, -0.05) is 12.1 Å². The summed E-state index contributed by atoms with van der Waals surface area (Å²) in [6.07, 6.45) is 0. The summed E-state index contributed by atoms with van der Waals surface area (Å²) in [6, 6.07) is 12.0. The van der Waals surface area contributed by atoms with E-state index in [1.54, 1.807) is 0 Å². The number of para-hydroxylation sites is 1. The van der Waals surface area contributed by atoms with Gasteiger partial charge in [-0.05, 0) is 47.2 Å². The molecular weight excluding hydrogens is 335 g/mol. The van der Waals surface area contributed by atoms with Crippen molar-refractivity contribution in [2.24, 2.45) is 0 Å². The molecule has 0 aromatic heterocycles. The first-order valence-corrected chi connectivity index (χ1v) is 7.18. The van der Waals surface area contributed by atoms with Crippen molar-refractivity contribution in [1.29, 1.82) is 5.26 Å². The highest BCUT2D eigenvalue weighted by atomic mass is 79.9. The van der Waals surface area contributed by atoms with Crippen molar-refractivity contribution < 1.29 is 9.13 Å². The van der Waals surface area contributed by atoms with Crippen LogP contribution in [0.15, 0.2) is 40.9 Å². The Kier molecular flexibility index (Phi) is 5.32. The Balaban J connectivity index is 2.22. The normalized spacial score (nSPS) is 10.2. The minimum atomic E-state index is -0.378. The van der Waals surface area contributed by atoms with Crippen molar-refractivity contribution in [2.45, 2.75) is 13.2 Å². The number of hydrogen-bond acceptors (Lipinski definition) is 3. The second kappa shape index (κ2) is 7.21. The zero-order valence-electron chi connectivity index (χ0n) is 11.5. The van der Waals surface area contributed by atoms with Gasteiger partial charge >= 0.3 is 0 Å². The highest BCUT2D eigenvalue weighted by molar-refractivity contribution is 9.10. The first-order chi connectivity index (χ1) is 10.2. The molecule has 2 aromatic carbocycles. The highest BCUT2D eigenvalue weighted by Gasteiger charge is 2.10. The van der Waals surface area contributed by atoms with E-state index in [1.807, 2.05) is 31.3 Å². The van der Waals surface area contributed by atoms with Crippen LogP contribution in [0.4, 0.5) is 4.39 Å². The van der Waals surface area contributed by atoms with Gasteiger partial charge in [0, 0.05) is 17.7 Å². The number of nitrogens with one attached hydrogen (secondary N) is 1. The third kappa shape index (κ3) is 3.81. The molecule has 2 rings (SSSR count). The van der Waals surface area contributed by atoms with Gasteiger partial charge in [-0.25, -0.2) is 4.39 Å². The van der Waals surface area contributed by atoms with Crippen molar-refractivity contribution in [1.82, 2.24) is 5.32 Å². The van der Waals surface area contributed by atoms with E-state index in [-0.39, 0.29) is 12.4 Å². The lowest BCUT2D eigenvalue weighted by Crippen LogP contribution is -2.08. The minimum Gasteiger partial charge on any atom is -0.487 e. The van der Waals surface area contributed by atoms with Crippen molar-refractivity contribution in [3.63, 3.8) is 0 Å². The molecule has 0 heterocycles. The van der Waals surface area contributed by atoms with Crippen LogP contribution in [0.3, 0.4) is 0 Å². The Bertz CT molecular complexity index is 682. The number of benzene rings is 2. The fourth-order valence-corrected chi connectivity index (χ4v) is 2.47. The molecule has 0 aliphatic heterocycles. The van der Waals surface area contributed by atoms with Crippen LogP contribution in [0.5, 0.6) is 5.75 Å². The van der Waals surface area contributed by atoms with Crippen LogP contribution in [-0.4, -0.2) is 7.05 Å². The lowest BCUT2D eigenvalue weighted by Gasteiger charge is -2.13. The zero-order valence-corrected chi connectivity index (χ0v) is 13.1. The maximum absolute atomic E-state index is 13.7. The smallest absolute Gasteiger partial charge is 0.138 e. The molecule has 0 saturated heterocycles. The Morgan fingerprint density at radius 1 is 1.29 bits per heavy atom. The molecule has 0 bridgehead atoms. The van der Waals surface area contributed by atoms with Gasteiger partial charge in [0.15, 0.2) is 0 Å². The van der Waals surface area contributed by atoms with E-state index < -0.39 is 0 Å². The van der Waals surface area contributed by atoms with Gasteiger partial charge in [-0.15, -0.1) is 0 Å². The van der Waals surface area contributed by atoms with Crippen LogP contribution in [0.2, 0.25) is 0 Å². The SMILES string of the molecule is CNCc1cccc(Br)c1OCc1cc(C#N)ccc1F. The molecule has 1 N–H and O–H groups in total. The summed E-state index contributed by atoms with van der Waals surface area (Å²) in [5.41, 5.74) is 1.75. The second-order valence-electron chi connectivity index (χ2n) is 4.47. The third-order valence-electron chi connectivity index (χ3n) is 2.96. The maximum atomic E-state index is 13.7. The molecule has 0 aliphatic rings. The van der Waals surface area contributed by atoms with Crippen LogP contribution in [0, 0.1) is 17.1 Å². The number of nitrogens with zero attached hydrogens (tertiary/aromatic N) is 1. The van der Waals surface area contributed by atoms with Gasteiger partial charge in [-0.2, -0.15) is 5.26 Å². The molecular formula is C16H14BrFN2O. The minimum absolute atomic E-state index is 0.0701. The molecule has 0 spiro atoms. The van der Waals surface area contributed by atoms with Gasteiger partial charge < -0.3 is 10.1 Å². The number of hydrogen-bond donors (Lipinski definition) is 1. The number of nitriles is 1. The van der Waals surface area contributed by atoms with Crippen LogP contribution >= 0.6 is 15.9 Å². The Labute approximate surface area is 131 Å². The average molecular weight is 349 g/mol. The summed E-state index contributed by atoms with van der Waals surface area (Å²) in [6.45, 7) is 0.718. The topological polar surface area (TPSA) is 45.0 Å². The number of rotatable bonds is 5. The van der Waals surface area contributed by atoms with Gasteiger partial charge in [0.05, 0.1) is 16.1 Å². The summed E-state index contributed by atoms with van der Waals surface area (Å²) < 4.78 is 20.3. The first kappa shape index (κ1) is 15.5. The van der Waals surface area contributed by atoms with E-state index in [0.717, 1.165) is 10.0 Å². The van der Waals surface area contributed by atoms with E-state index >= 15 is 0 Å². The van der Waals surface area contributed by atoms with Gasteiger partial charge in [-0.3, -0.25) is 0 Å². The van der Waals surface area contributed by atoms with Gasteiger partial charge in [0.1, 0.15) is 18.2 Å². The molecule has 0 atom stereocenters. The summed E-state index contributed by atoms with van der Waals surface area (Å²) in [7, 11) is 1.85. The summed E-state index contributed by atoms with van der Waals surface area (Å²) in [4.78, 5) is 0. The molecule has 0 aliphatic carbocycles. The molecule has 0 saturated carbocycles. The molecule has 0 radical (unpaired) electrons. The molecule has 5 heteroatoms. The van der Waals surface area contributed by atoms with E-state index in [0.29, 0.717) is 23.4 Å². The quantitative estimate of drug-likeness (QED) is 0.894. The predicted octanol–water partition coefficient (Wildman–Crippen LogP) is 3.76. The third-order valence-corrected chi connectivity index (χ3v) is 3.59. The maximum Gasteiger partial charge on any atom is 0.138 e. The molecule has 108 valence electrons. The number of halogens is 2. The van der Waals surface area contributed by atoms with E-state index in [4.69, 9.17) is 10.00 Å². The Hall–Kier alpha value is -1.90. The van der Waals surface area contributed by atoms with Gasteiger partial charge in [0.2, 0.25) is 0 Å². The van der Waals surface area contributed by atoms with Crippen molar-refractivity contribution in [2.75, 3.05) is 7.05 Å². The van der Waals surface area contributed by atoms with E-state index in [9.17, 15) is 4.39 Å². The molecule has 0 unspecified atom stereocenters. The second-order valence-corrected chi connectivity index (χ2v) is 5.32. The zero-order chi connectivity index (χ0) is 15.2. The van der Waals surface area contributed by atoms with Crippen LogP contribution in [0.1, 0.15) is 16.7 Å². The highest BCUT2D eigenvalue weighted by Crippen LogP contribution is 2.30. The standard InChI is InChI=1S/C16H14BrFN2O/c1-20-9-12-3-2-4-14(17)16(12)21-10-13-7-11(8-19)5-6-15(13)18/h2-7,20H,9-10H2,1H3. The Morgan fingerprint density at radius 2 is 2.10 bits per heavy atom. The molecule has 0 fully saturated rings. The summed E-state index contributed by atoms with van der Waals surface area (Å²) in [5, 5.41) is 11.9. The lowest BCUT2D eigenvalue weighted by molar-refractivity contribution is 0.294. The van der Waals surface area contributed by atoms with Crippen molar-refractivity contribution >= 4 is 15.9 Å². The monoisotopic (exact) mass is 348 g/mol. The van der Waals surface area contributed by atoms with Crippen molar-refractivity contribution in [3.8, 4) is 11.8 Å². The molecule has 3 nitrogen and oxygen atoms in total. The number of ether oxygens (including phenoxy) is 1. The summed E-state index contributed by atoms with van der Waals surface area (Å²) >= 11 is 3.44. The van der Waals surface area contributed by atoms with E-state index in [1.165, 1.54) is 18.2 Å². The van der Waals surface area contributed by atoms with Crippen molar-refractivity contribution in [3.05, 3.63) is 63.4 Å². The fraction of sp³-hybridized carbons (Fsp3) is 0.188. The van der Waals surface area contributed by atoms with Crippen LogP contribution < -0.4 is 10.1 Å².